The van der Waals surface area contributed by atoms with E-state index in [9.17, 15) is 5.11 Å². The van der Waals surface area contributed by atoms with Crippen molar-refractivity contribution in [1.82, 2.24) is 5.32 Å². The molecule has 0 saturated carbocycles. The van der Waals surface area contributed by atoms with Crippen LogP contribution in [0.3, 0.4) is 0 Å². The van der Waals surface area contributed by atoms with Crippen LogP contribution in [-0.4, -0.2) is 31.9 Å². The van der Waals surface area contributed by atoms with Crippen LogP contribution in [0, 0.1) is 0 Å². The molecule has 0 radical (unpaired) electrons. The minimum atomic E-state index is -0.566. The Morgan fingerprint density at radius 2 is 2.25 bits per heavy atom. The van der Waals surface area contributed by atoms with E-state index < -0.39 is 6.10 Å². The summed E-state index contributed by atoms with van der Waals surface area (Å²) in [6.07, 6.45) is 0.165. The SMILES string of the molecule is CNC(CCN)C(O)c1cccc(OC)c1. The lowest BCUT2D eigenvalue weighted by molar-refractivity contribution is 0.128. The number of aliphatic hydroxyl groups is 1. The molecule has 1 aromatic rings. The minimum absolute atomic E-state index is 0.0305. The molecule has 4 heteroatoms. The number of likely N-dealkylation sites (N-methyl/N-ethyl adjacent to an activating group) is 1. The summed E-state index contributed by atoms with van der Waals surface area (Å²) in [4.78, 5) is 0. The molecular formula is C12H20N2O2. The lowest BCUT2D eigenvalue weighted by Crippen LogP contribution is -2.34. The molecule has 1 aromatic carbocycles. The molecule has 90 valence electrons. The normalized spacial score (nSPS) is 14.5. The van der Waals surface area contributed by atoms with Gasteiger partial charge in [0.05, 0.1) is 13.2 Å². The summed E-state index contributed by atoms with van der Waals surface area (Å²) >= 11 is 0. The molecule has 2 unspecified atom stereocenters. The predicted octanol–water partition coefficient (Wildman–Crippen LogP) is 0.665. The van der Waals surface area contributed by atoms with Crippen molar-refractivity contribution in [1.29, 1.82) is 0 Å². The van der Waals surface area contributed by atoms with E-state index in [1.807, 2.05) is 31.3 Å². The number of nitrogens with two attached hydrogens (primary N) is 1. The molecule has 0 aliphatic rings. The zero-order valence-corrected chi connectivity index (χ0v) is 9.81. The average Bonchev–Trinajstić information content (AvgIpc) is 2.35. The van der Waals surface area contributed by atoms with Crippen molar-refractivity contribution in [3.63, 3.8) is 0 Å². The number of aliphatic hydroxyl groups excluding tert-OH is 1. The Labute approximate surface area is 96.4 Å². The maximum Gasteiger partial charge on any atom is 0.119 e. The van der Waals surface area contributed by atoms with E-state index in [-0.39, 0.29) is 6.04 Å². The van der Waals surface area contributed by atoms with Crippen LogP contribution in [0.4, 0.5) is 0 Å². The standard InChI is InChI=1S/C12H20N2O2/c1-14-11(6-7-13)12(15)9-4-3-5-10(8-9)16-2/h3-5,8,11-12,14-15H,6-7,13H2,1-2H3. The summed E-state index contributed by atoms with van der Waals surface area (Å²) in [5, 5.41) is 13.2. The molecular weight excluding hydrogens is 204 g/mol. The number of ether oxygens (including phenoxy) is 1. The van der Waals surface area contributed by atoms with Crippen LogP contribution in [0.5, 0.6) is 5.75 Å². The topological polar surface area (TPSA) is 67.5 Å². The highest BCUT2D eigenvalue weighted by atomic mass is 16.5. The Kier molecular flexibility index (Phi) is 5.25. The van der Waals surface area contributed by atoms with E-state index in [0.717, 1.165) is 17.7 Å². The molecule has 0 fully saturated rings. The Morgan fingerprint density at radius 3 is 2.81 bits per heavy atom. The van der Waals surface area contributed by atoms with Crippen molar-refractivity contribution in [2.75, 3.05) is 20.7 Å². The van der Waals surface area contributed by atoms with Crippen LogP contribution in [0.1, 0.15) is 18.1 Å². The maximum absolute atomic E-state index is 10.2. The van der Waals surface area contributed by atoms with E-state index >= 15 is 0 Å². The van der Waals surface area contributed by atoms with Crippen LogP contribution in [0.15, 0.2) is 24.3 Å². The van der Waals surface area contributed by atoms with Gasteiger partial charge in [0.1, 0.15) is 5.75 Å². The number of rotatable bonds is 6. The first-order valence-electron chi connectivity index (χ1n) is 5.42. The van der Waals surface area contributed by atoms with Gasteiger partial charge in [0.25, 0.3) is 0 Å². The molecule has 0 heterocycles. The van der Waals surface area contributed by atoms with Gasteiger partial charge in [0.15, 0.2) is 0 Å². The Hall–Kier alpha value is -1.10. The van der Waals surface area contributed by atoms with Crippen molar-refractivity contribution in [2.24, 2.45) is 5.73 Å². The highest BCUT2D eigenvalue weighted by Crippen LogP contribution is 2.22. The number of nitrogens with one attached hydrogen (secondary N) is 1. The molecule has 16 heavy (non-hydrogen) atoms. The highest BCUT2D eigenvalue weighted by molar-refractivity contribution is 5.30. The van der Waals surface area contributed by atoms with Gasteiger partial charge in [0.2, 0.25) is 0 Å². The summed E-state index contributed by atoms with van der Waals surface area (Å²) in [6.45, 7) is 0.548. The van der Waals surface area contributed by atoms with Gasteiger partial charge < -0.3 is 20.9 Å². The Bertz CT molecular complexity index is 318. The van der Waals surface area contributed by atoms with Crippen molar-refractivity contribution in [3.8, 4) is 5.75 Å². The summed E-state index contributed by atoms with van der Waals surface area (Å²) < 4.78 is 5.12. The van der Waals surface area contributed by atoms with Gasteiger partial charge in [-0.2, -0.15) is 0 Å². The first-order valence-corrected chi connectivity index (χ1v) is 5.42. The Balaban J connectivity index is 2.80. The highest BCUT2D eigenvalue weighted by Gasteiger charge is 2.18. The van der Waals surface area contributed by atoms with Gasteiger partial charge in [0, 0.05) is 6.04 Å². The van der Waals surface area contributed by atoms with E-state index in [0.29, 0.717) is 6.54 Å². The molecule has 0 bridgehead atoms. The maximum atomic E-state index is 10.2. The van der Waals surface area contributed by atoms with Crippen LogP contribution >= 0.6 is 0 Å². The molecule has 1 rings (SSSR count). The van der Waals surface area contributed by atoms with Gasteiger partial charge in [-0.15, -0.1) is 0 Å². The molecule has 0 saturated heterocycles. The summed E-state index contributed by atoms with van der Waals surface area (Å²) in [5.74, 6) is 0.749. The summed E-state index contributed by atoms with van der Waals surface area (Å²) in [7, 11) is 3.44. The predicted molar refractivity (Wildman–Crippen MR) is 64.5 cm³/mol. The zero-order valence-electron chi connectivity index (χ0n) is 9.81. The first kappa shape index (κ1) is 13.0. The fourth-order valence-electron chi connectivity index (χ4n) is 1.70. The second kappa shape index (κ2) is 6.48. The number of benzene rings is 1. The number of hydrogen-bond acceptors (Lipinski definition) is 4. The van der Waals surface area contributed by atoms with E-state index in [1.54, 1.807) is 7.11 Å². The van der Waals surface area contributed by atoms with E-state index in [2.05, 4.69) is 5.32 Å². The third-order valence-electron chi connectivity index (χ3n) is 2.66. The largest absolute Gasteiger partial charge is 0.497 e. The van der Waals surface area contributed by atoms with Crippen molar-refractivity contribution in [3.05, 3.63) is 29.8 Å². The van der Waals surface area contributed by atoms with Crippen molar-refractivity contribution < 1.29 is 9.84 Å². The van der Waals surface area contributed by atoms with Gasteiger partial charge >= 0.3 is 0 Å². The van der Waals surface area contributed by atoms with Gasteiger partial charge in [-0.3, -0.25) is 0 Å². The monoisotopic (exact) mass is 224 g/mol. The second-order valence-electron chi connectivity index (χ2n) is 3.69. The lowest BCUT2D eigenvalue weighted by Gasteiger charge is -2.22. The average molecular weight is 224 g/mol. The molecule has 4 N–H and O–H groups in total. The third kappa shape index (κ3) is 3.20. The lowest BCUT2D eigenvalue weighted by atomic mass is 10.00. The van der Waals surface area contributed by atoms with Crippen molar-refractivity contribution >= 4 is 0 Å². The fourth-order valence-corrected chi connectivity index (χ4v) is 1.70. The summed E-state index contributed by atoms with van der Waals surface area (Å²) in [6, 6.07) is 7.41. The van der Waals surface area contributed by atoms with Crippen LogP contribution in [-0.2, 0) is 0 Å². The minimum Gasteiger partial charge on any atom is -0.497 e. The zero-order chi connectivity index (χ0) is 12.0. The molecule has 0 spiro atoms. The third-order valence-corrected chi connectivity index (χ3v) is 2.66. The number of methoxy groups -OCH3 is 1. The van der Waals surface area contributed by atoms with Crippen LogP contribution < -0.4 is 15.8 Å². The number of hydrogen-bond donors (Lipinski definition) is 3. The van der Waals surface area contributed by atoms with E-state index in [1.165, 1.54) is 0 Å². The van der Waals surface area contributed by atoms with Gasteiger partial charge in [-0.1, -0.05) is 12.1 Å². The van der Waals surface area contributed by atoms with E-state index in [4.69, 9.17) is 10.5 Å². The fraction of sp³-hybridized carbons (Fsp3) is 0.500. The summed E-state index contributed by atoms with van der Waals surface area (Å²) in [5.41, 5.74) is 6.34. The molecule has 0 amide bonds. The molecule has 4 nitrogen and oxygen atoms in total. The van der Waals surface area contributed by atoms with Crippen LogP contribution in [0.25, 0.3) is 0 Å². The van der Waals surface area contributed by atoms with Gasteiger partial charge in [-0.25, -0.2) is 0 Å². The molecule has 0 aliphatic carbocycles. The van der Waals surface area contributed by atoms with Gasteiger partial charge in [-0.05, 0) is 37.7 Å². The molecule has 0 aromatic heterocycles. The molecule has 0 aliphatic heterocycles. The quantitative estimate of drug-likeness (QED) is 0.664. The van der Waals surface area contributed by atoms with Crippen LogP contribution in [0.2, 0.25) is 0 Å². The smallest absolute Gasteiger partial charge is 0.119 e. The first-order chi connectivity index (χ1) is 7.72. The Morgan fingerprint density at radius 1 is 1.50 bits per heavy atom. The van der Waals surface area contributed by atoms with Crippen molar-refractivity contribution in [2.45, 2.75) is 18.6 Å². The second-order valence-corrected chi connectivity index (χ2v) is 3.69. The molecule has 2 atom stereocenters.